The van der Waals surface area contributed by atoms with Gasteiger partial charge in [-0.25, -0.2) is 9.97 Å². The third kappa shape index (κ3) is 2.52. The van der Waals surface area contributed by atoms with E-state index in [-0.39, 0.29) is 0 Å². The first-order chi connectivity index (χ1) is 9.95. The van der Waals surface area contributed by atoms with Crippen molar-refractivity contribution in [3.8, 4) is 11.4 Å². The first kappa shape index (κ1) is 13.4. The molecule has 2 N–H and O–H groups in total. The van der Waals surface area contributed by atoms with Gasteiger partial charge in [-0.2, -0.15) is 13.2 Å². The van der Waals surface area contributed by atoms with Crippen molar-refractivity contribution in [3.05, 3.63) is 54.1 Å². The van der Waals surface area contributed by atoms with Crippen molar-refractivity contribution in [1.29, 1.82) is 0 Å². The molecule has 0 spiro atoms. The predicted molar refractivity (Wildman–Crippen MR) is 74.4 cm³/mol. The minimum atomic E-state index is -4.36. The van der Waals surface area contributed by atoms with Gasteiger partial charge in [-0.1, -0.05) is 24.3 Å². The van der Waals surface area contributed by atoms with Crippen LogP contribution in [0.15, 0.2) is 48.5 Å². The molecule has 106 valence electrons. The lowest BCUT2D eigenvalue weighted by Crippen LogP contribution is -2.04. The van der Waals surface area contributed by atoms with Gasteiger partial charge in [-0.05, 0) is 24.3 Å². The predicted octanol–water partition coefficient (Wildman–Crippen LogP) is 3.90. The Morgan fingerprint density at radius 3 is 2.19 bits per heavy atom. The molecule has 1 heterocycles. The fourth-order valence-electron chi connectivity index (χ4n) is 2.04. The van der Waals surface area contributed by atoms with Crippen LogP contribution in [-0.4, -0.2) is 9.97 Å². The van der Waals surface area contributed by atoms with Crippen molar-refractivity contribution in [1.82, 2.24) is 9.97 Å². The molecule has 0 saturated carbocycles. The number of nitrogens with zero attached hydrogens (tertiary/aromatic N) is 2. The van der Waals surface area contributed by atoms with Crippen molar-refractivity contribution in [3.63, 3.8) is 0 Å². The van der Waals surface area contributed by atoms with Crippen LogP contribution in [0.2, 0.25) is 0 Å². The lowest BCUT2D eigenvalue weighted by Gasteiger charge is -2.08. The van der Waals surface area contributed by atoms with Gasteiger partial charge in [-0.3, -0.25) is 0 Å². The molecule has 2 aromatic carbocycles. The van der Waals surface area contributed by atoms with Crippen molar-refractivity contribution in [2.75, 3.05) is 5.73 Å². The van der Waals surface area contributed by atoms with Gasteiger partial charge in [0.25, 0.3) is 0 Å². The van der Waals surface area contributed by atoms with E-state index in [0.29, 0.717) is 28.1 Å². The third-order valence-corrected chi connectivity index (χ3v) is 3.10. The maximum atomic E-state index is 12.5. The molecule has 0 amide bonds. The van der Waals surface area contributed by atoms with E-state index in [1.165, 1.54) is 12.1 Å². The Kier molecular flexibility index (Phi) is 3.01. The Bertz CT molecular complexity index is 795. The van der Waals surface area contributed by atoms with E-state index < -0.39 is 11.7 Å². The molecule has 0 unspecified atom stereocenters. The lowest BCUT2D eigenvalue weighted by molar-refractivity contribution is -0.137. The molecule has 0 fully saturated rings. The normalized spacial score (nSPS) is 11.8. The molecule has 3 nitrogen and oxygen atoms in total. The van der Waals surface area contributed by atoms with E-state index in [4.69, 9.17) is 5.73 Å². The number of hydrogen-bond donors (Lipinski definition) is 1. The van der Waals surface area contributed by atoms with Crippen LogP contribution in [0, 0.1) is 0 Å². The average molecular weight is 289 g/mol. The van der Waals surface area contributed by atoms with E-state index in [2.05, 4.69) is 9.97 Å². The van der Waals surface area contributed by atoms with Gasteiger partial charge in [0.1, 0.15) is 5.82 Å². The minimum Gasteiger partial charge on any atom is -0.383 e. The summed E-state index contributed by atoms with van der Waals surface area (Å²) in [5.74, 6) is 0.607. The van der Waals surface area contributed by atoms with Gasteiger partial charge in [0.15, 0.2) is 5.82 Å². The summed E-state index contributed by atoms with van der Waals surface area (Å²) < 4.78 is 37.6. The summed E-state index contributed by atoms with van der Waals surface area (Å²) in [6.07, 6.45) is -4.36. The maximum absolute atomic E-state index is 12.5. The highest BCUT2D eigenvalue weighted by Gasteiger charge is 2.30. The number of rotatable bonds is 1. The number of alkyl halides is 3. The summed E-state index contributed by atoms with van der Waals surface area (Å²) in [5.41, 5.74) is 6.29. The zero-order valence-corrected chi connectivity index (χ0v) is 10.7. The highest BCUT2D eigenvalue weighted by molar-refractivity contribution is 5.89. The standard InChI is InChI=1S/C15H10F3N3/c16-15(17,18)10-7-5-9(6-8-10)14-20-12-4-2-1-3-11(12)13(19)21-14/h1-8H,(H2,19,20,21). The molecule has 3 rings (SSSR count). The summed E-state index contributed by atoms with van der Waals surface area (Å²) in [6, 6.07) is 11.9. The number of anilines is 1. The molecule has 0 aliphatic carbocycles. The molecule has 0 aliphatic heterocycles. The Hall–Kier alpha value is -2.63. The summed E-state index contributed by atoms with van der Waals surface area (Å²) in [7, 11) is 0. The first-order valence-electron chi connectivity index (χ1n) is 6.15. The second kappa shape index (κ2) is 4.73. The van der Waals surface area contributed by atoms with Crippen LogP contribution in [0.25, 0.3) is 22.3 Å². The number of hydrogen-bond acceptors (Lipinski definition) is 3. The van der Waals surface area contributed by atoms with E-state index in [1.807, 2.05) is 12.1 Å². The Morgan fingerprint density at radius 1 is 0.857 bits per heavy atom. The van der Waals surface area contributed by atoms with Gasteiger partial charge in [0.05, 0.1) is 11.1 Å². The van der Waals surface area contributed by atoms with Crippen molar-refractivity contribution in [2.45, 2.75) is 6.18 Å². The second-order valence-electron chi connectivity index (χ2n) is 4.52. The molecule has 1 aromatic heterocycles. The molecule has 0 aliphatic rings. The number of fused-ring (bicyclic) bond motifs is 1. The van der Waals surface area contributed by atoms with Gasteiger partial charge in [0, 0.05) is 10.9 Å². The van der Waals surface area contributed by atoms with Crippen LogP contribution >= 0.6 is 0 Å². The Balaban J connectivity index is 2.08. The fourth-order valence-corrected chi connectivity index (χ4v) is 2.04. The number of benzene rings is 2. The SMILES string of the molecule is Nc1nc(-c2ccc(C(F)(F)F)cc2)nc2ccccc12. The van der Waals surface area contributed by atoms with E-state index in [1.54, 1.807) is 12.1 Å². The van der Waals surface area contributed by atoms with Gasteiger partial charge >= 0.3 is 6.18 Å². The molecule has 0 saturated heterocycles. The highest BCUT2D eigenvalue weighted by Crippen LogP contribution is 2.31. The number of nitrogens with two attached hydrogens (primary N) is 1. The topological polar surface area (TPSA) is 51.8 Å². The second-order valence-corrected chi connectivity index (χ2v) is 4.52. The number of aromatic nitrogens is 2. The lowest BCUT2D eigenvalue weighted by atomic mass is 10.1. The Morgan fingerprint density at radius 2 is 1.52 bits per heavy atom. The molecule has 6 heteroatoms. The zero-order chi connectivity index (χ0) is 15.0. The third-order valence-electron chi connectivity index (χ3n) is 3.10. The van der Waals surface area contributed by atoms with Crippen LogP contribution in [-0.2, 0) is 6.18 Å². The number of para-hydroxylation sites is 1. The largest absolute Gasteiger partial charge is 0.416 e. The van der Waals surface area contributed by atoms with Crippen molar-refractivity contribution in [2.24, 2.45) is 0 Å². The van der Waals surface area contributed by atoms with Crippen LogP contribution < -0.4 is 5.73 Å². The summed E-state index contributed by atoms with van der Waals surface area (Å²) in [4.78, 5) is 8.47. The molecule has 0 bridgehead atoms. The zero-order valence-electron chi connectivity index (χ0n) is 10.7. The number of halogens is 3. The first-order valence-corrected chi connectivity index (χ1v) is 6.15. The molecule has 0 atom stereocenters. The summed E-state index contributed by atoms with van der Waals surface area (Å²) in [6.45, 7) is 0. The van der Waals surface area contributed by atoms with E-state index in [0.717, 1.165) is 12.1 Å². The molecule has 3 aromatic rings. The monoisotopic (exact) mass is 289 g/mol. The molecular formula is C15H10F3N3. The maximum Gasteiger partial charge on any atom is 0.416 e. The van der Waals surface area contributed by atoms with E-state index >= 15 is 0 Å². The molecular weight excluding hydrogens is 279 g/mol. The van der Waals surface area contributed by atoms with Crippen molar-refractivity contribution >= 4 is 16.7 Å². The van der Waals surface area contributed by atoms with Crippen LogP contribution in [0.4, 0.5) is 19.0 Å². The van der Waals surface area contributed by atoms with Crippen LogP contribution in [0.3, 0.4) is 0 Å². The van der Waals surface area contributed by atoms with Crippen molar-refractivity contribution < 1.29 is 13.2 Å². The van der Waals surface area contributed by atoms with Crippen LogP contribution in [0.5, 0.6) is 0 Å². The highest BCUT2D eigenvalue weighted by atomic mass is 19.4. The fraction of sp³-hybridized carbons (Fsp3) is 0.0667. The smallest absolute Gasteiger partial charge is 0.383 e. The van der Waals surface area contributed by atoms with Gasteiger partial charge in [-0.15, -0.1) is 0 Å². The molecule has 0 radical (unpaired) electrons. The molecule has 21 heavy (non-hydrogen) atoms. The Labute approximate surface area is 118 Å². The average Bonchev–Trinajstić information content (AvgIpc) is 2.46. The quantitative estimate of drug-likeness (QED) is 0.739. The van der Waals surface area contributed by atoms with Gasteiger partial charge < -0.3 is 5.73 Å². The minimum absolute atomic E-state index is 0.301. The van der Waals surface area contributed by atoms with Gasteiger partial charge in [0.2, 0.25) is 0 Å². The summed E-state index contributed by atoms with van der Waals surface area (Å²) >= 11 is 0. The van der Waals surface area contributed by atoms with Crippen LogP contribution in [0.1, 0.15) is 5.56 Å². The number of nitrogen functional groups attached to an aromatic ring is 1. The summed E-state index contributed by atoms with van der Waals surface area (Å²) in [5, 5.41) is 0.716. The van der Waals surface area contributed by atoms with E-state index in [9.17, 15) is 13.2 Å².